The Kier molecular flexibility index (Phi) is 3.94. The Morgan fingerprint density at radius 3 is 2.72 bits per heavy atom. The smallest absolute Gasteiger partial charge is 0.279 e. The van der Waals surface area contributed by atoms with E-state index >= 15 is 0 Å². The average Bonchev–Trinajstić information content (AvgIpc) is 2.86. The van der Waals surface area contributed by atoms with E-state index < -0.39 is 0 Å². The molecule has 1 aromatic heterocycles. The second-order valence-electron chi connectivity index (χ2n) is 3.62. The molecule has 0 aliphatic rings. The van der Waals surface area contributed by atoms with Crippen LogP contribution in [0.2, 0.25) is 0 Å². The van der Waals surface area contributed by atoms with Crippen molar-refractivity contribution in [1.82, 2.24) is 4.57 Å². The van der Waals surface area contributed by atoms with Crippen molar-refractivity contribution in [3.8, 4) is 5.75 Å². The minimum atomic E-state index is -0.234. The van der Waals surface area contributed by atoms with Crippen LogP contribution >= 0.6 is 11.3 Å². The molecule has 5 heteroatoms. The number of carbonyl (C=O) groups is 1. The molecule has 0 fully saturated rings. The number of thiazole rings is 1. The van der Waals surface area contributed by atoms with Crippen LogP contribution in [0.25, 0.3) is 0 Å². The molecule has 0 saturated heterocycles. The summed E-state index contributed by atoms with van der Waals surface area (Å²) in [5, 5.41) is 1.92. The van der Waals surface area contributed by atoms with Crippen molar-refractivity contribution in [2.24, 2.45) is 4.99 Å². The number of ether oxygens (including phenoxy) is 1. The van der Waals surface area contributed by atoms with Crippen LogP contribution in [-0.4, -0.2) is 17.6 Å². The maximum atomic E-state index is 12.0. The molecule has 0 bridgehead atoms. The second-order valence-corrected chi connectivity index (χ2v) is 4.49. The van der Waals surface area contributed by atoms with Gasteiger partial charge < -0.3 is 9.30 Å². The molecule has 94 valence electrons. The second kappa shape index (κ2) is 5.64. The molecule has 0 spiro atoms. The zero-order valence-electron chi connectivity index (χ0n) is 10.3. The molecule has 1 aromatic carbocycles. The van der Waals surface area contributed by atoms with Crippen LogP contribution in [0.3, 0.4) is 0 Å². The Morgan fingerprint density at radius 2 is 2.11 bits per heavy atom. The van der Waals surface area contributed by atoms with Crippen molar-refractivity contribution >= 4 is 17.2 Å². The fourth-order valence-corrected chi connectivity index (χ4v) is 2.30. The standard InChI is InChI=1S/C13H14N2O2S/c1-3-15-8-9-18-13(15)14-12(16)10-4-6-11(17-2)7-5-10/h4-9H,3H2,1-2H3. The van der Waals surface area contributed by atoms with Gasteiger partial charge >= 0.3 is 0 Å². The summed E-state index contributed by atoms with van der Waals surface area (Å²) in [7, 11) is 1.59. The molecular formula is C13H14N2O2S. The number of carbonyl (C=O) groups excluding carboxylic acids is 1. The highest BCUT2D eigenvalue weighted by Gasteiger charge is 2.04. The Labute approximate surface area is 109 Å². The van der Waals surface area contributed by atoms with E-state index in [1.165, 1.54) is 11.3 Å². The highest BCUT2D eigenvalue weighted by molar-refractivity contribution is 7.07. The summed E-state index contributed by atoms with van der Waals surface area (Å²) in [6, 6.07) is 6.94. The molecule has 0 N–H and O–H groups in total. The van der Waals surface area contributed by atoms with E-state index in [1.807, 2.05) is 23.1 Å². The number of hydrogen-bond acceptors (Lipinski definition) is 3. The Hall–Kier alpha value is -1.88. The van der Waals surface area contributed by atoms with Gasteiger partial charge in [-0.15, -0.1) is 11.3 Å². The quantitative estimate of drug-likeness (QED) is 0.852. The van der Waals surface area contributed by atoms with Gasteiger partial charge in [0.15, 0.2) is 4.80 Å². The monoisotopic (exact) mass is 262 g/mol. The van der Waals surface area contributed by atoms with Crippen LogP contribution in [0.4, 0.5) is 0 Å². The molecule has 2 aromatic rings. The number of aromatic nitrogens is 1. The number of methoxy groups -OCH3 is 1. The minimum Gasteiger partial charge on any atom is -0.497 e. The van der Waals surface area contributed by atoms with E-state index in [4.69, 9.17) is 4.74 Å². The third-order valence-electron chi connectivity index (χ3n) is 2.53. The number of hydrogen-bond donors (Lipinski definition) is 0. The molecule has 0 atom stereocenters. The number of nitrogens with zero attached hydrogens (tertiary/aromatic N) is 2. The van der Waals surface area contributed by atoms with Gasteiger partial charge in [0, 0.05) is 23.7 Å². The third kappa shape index (κ3) is 2.68. The fraction of sp³-hybridized carbons (Fsp3) is 0.231. The van der Waals surface area contributed by atoms with Gasteiger partial charge in [-0.2, -0.15) is 4.99 Å². The summed E-state index contributed by atoms with van der Waals surface area (Å²) in [4.78, 5) is 16.8. The highest BCUT2D eigenvalue weighted by atomic mass is 32.1. The van der Waals surface area contributed by atoms with E-state index in [9.17, 15) is 4.79 Å². The average molecular weight is 262 g/mol. The van der Waals surface area contributed by atoms with Gasteiger partial charge in [0.05, 0.1) is 7.11 Å². The molecule has 0 radical (unpaired) electrons. The van der Waals surface area contributed by atoms with E-state index in [0.717, 1.165) is 17.1 Å². The molecule has 0 unspecified atom stereocenters. The summed E-state index contributed by atoms with van der Waals surface area (Å²) < 4.78 is 6.98. The predicted octanol–water partition coefficient (Wildman–Crippen LogP) is 2.32. The van der Waals surface area contributed by atoms with Gasteiger partial charge in [0.25, 0.3) is 5.91 Å². The lowest BCUT2D eigenvalue weighted by molar-refractivity contribution is 0.0998. The molecule has 1 amide bonds. The summed E-state index contributed by atoms with van der Waals surface area (Å²) in [5.74, 6) is 0.494. The third-order valence-corrected chi connectivity index (χ3v) is 3.33. The van der Waals surface area contributed by atoms with Crippen molar-refractivity contribution in [2.45, 2.75) is 13.5 Å². The molecule has 1 heterocycles. The molecule has 18 heavy (non-hydrogen) atoms. The highest BCUT2D eigenvalue weighted by Crippen LogP contribution is 2.11. The van der Waals surface area contributed by atoms with Crippen molar-refractivity contribution in [3.63, 3.8) is 0 Å². The number of rotatable bonds is 3. The molecule has 4 nitrogen and oxygen atoms in total. The van der Waals surface area contributed by atoms with Gasteiger partial charge in [-0.3, -0.25) is 4.79 Å². The van der Waals surface area contributed by atoms with E-state index in [0.29, 0.717) is 5.56 Å². The normalized spacial score (nSPS) is 11.6. The fourth-order valence-electron chi connectivity index (χ4n) is 1.51. The van der Waals surface area contributed by atoms with E-state index in [2.05, 4.69) is 4.99 Å². The molecule has 0 saturated carbocycles. The van der Waals surface area contributed by atoms with Gasteiger partial charge in [0.2, 0.25) is 0 Å². The molecule has 0 aliphatic carbocycles. The van der Waals surface area contributed by atoms with Crippen molar-refractivity contribution in [1.29, 1.82) is 0 Å². The Morgan fingerprint density at radius 1 is 1.39 bits per heavy atom. The van der Waals surface area contributed by atoms with Gasteiger partial charge in [0.1, 0.15) is 5.75 Å². The van der Waals surface area contributed by atoms with Crippen molar-refractivity contribution < 1.29 is 9.53 Å². The predicted molar refractivity (Wildman–Crippen MR) is 70.9 cm³/mol. The first-order valence-electron chi connectivity index (χ1n) is 5.61. The van der Waals surface area contributed by atoms with Crippen LogP contribution in [0, 0.1) is 0 Å². The van der Waals surface area contributed by atoms with E-state index in [-0.39, 0.29) is 5.91 Å². The number of amides is 1. The topological polar surface area (TPSA) is 43.6 Å². The molecular weight excluding hydrogens is 248 g/mol. The van der Waals surface area contributed by atoms with Crippen LogP contribution in [0.15, 0.2) is 40.8 Å². The first-order chi connectivity index (χ1) is 8.74. The van der Waals surface area contributed by atoms with Crippen LogP contribution in [0.1, 0.15) is 17.3 Å². The van der Waals surface area contributed by atoms with Gasteiger partial charge in [-0.25, -0.2) is 0 Å². The van der Waals surface area contributed by atoms with Gasteiger partial charge in [-0.1, -0.05) is 0 Å². The van der Waals surface area contributed by atoms with Crippen LogP contribution in [-0.2, 0) is 6.54 Å². The molecule has 0 aliphatic heterocycles. The number of benzene rings is 1. The Balaban J connectivity index is 2.29. The minimum absolute atomic E-state index is 0.234. The maximum Gasteiger partial charge on any atom is 0.279 e. The first-order valence-corrected chi connectivity index (χ1v) is 6.49. The first kappa shape index (κ1) is 12.6. The van der Waals surface area contributed by atoms with Crippen LogP contribution < -0.4 is 9.54 Å². The Bertz CT molecular complexity index is 596. The zero-order chi connectivity index (χ0) is 13.0. The lowest BCUT2D eigenvalue weighted by Gasteiger charge is -2.00. The summed E-state index contributed by atoms with van der Waals surface area (Å²) in [5.41, 5.74) is 0.562. The zero-order valence-corrected chi connectivity index (χ0v) is 11.1. The lowest BCUT2D eigenvalue weighted by atomic mass is 10.2. The number of aryl methyl sites for hydroxylation is 1. The van der Waals surface area contributed by atoms with Gasteiger partial charge in [-0.05, 0) is 31.2 Å². The maximum absolute atomic E-state index is 12.0. The summed E-state index contributed by atoms with van der Waals surface area (Å²) >= 11 is 1.46. The van der Waals surface area contributed by atoms with Crippen molar-refractivity contribution in [3.05, 3.63) is 46.2 Å². The van der Waals surface area contributed by atoms with Crippen molar-refractivity contribution in [2.75, 3.05) is 7.11 Å². The lowest BCUT2D eigenvalue weighted by Crippen LogP contribution is -2.15. The SMILES string of the molecule is CCn1ccsc1=NC(=O)c1ccc(OC)cc1. The molecule has 2 rings (SSSR count). The van der Waals surface area contributed by atoms with E-state index in [1.54, 1.807) is 31.4 Å². The largest absolute Gasteiger partial charge is 0.497 e. The summed E-state index contributed by atoms with van der Waals surface area (Å²) in [6.45, 7) is 2.82. The summed E-state index contributed by atoms with van der Waals surface area (Å²) in [6.07, 6.45) is 1.92. The van der Waals surface area contributed by atoms with Crippen LogP contribution in [0.5, 0.6) is 5.75 Å².